The van der Waals surface area contributed by atoms with Gasteiger partial charge in [-0.05, 0) is 55.3 Å². The Morgan fingerprint density at radius 3 is 2.75 bits per heavy atom. The number of ether oxygens (including phenoxy) is 1. The third kappa shape index (κ3) is 3.40. The van der Waals surface area contributed by atoms with Gasteiger partial charge in [0.1, 0.15) is 5.75 Å². The Labute approximate surface area is 121 Å². The van der Waals surface area contributed by atoms with E-state index >= 15 is 0 Å². The topological polar surface area (TPSA) is 21.3 Å². The lowest BCUT2D eigenvalue weighted by atomic mass is 9.96. The van der Waals surface area contributed by atoms with Crippen LogP contribution in [0.15, 0.2) is 48.6 Å². The van der Waals surface area contributed by atoms with E-state index in [2.05, 4.69) is 49.2 Å². The second kappa shape index (κ2) is 6.58. The molecule has 2 heteroatoms. The van der Waals surface area contributed by atoms with Gasteiger partial charge in [-0.15, -0.1) is 6.58 Å². The molecule has 0 fully saturated rings. The third-order valence-corrected chi connectivity index (χ3v) is 3.65. The fourth-order valence-electron chi connectivity index (χ4n) is 2.58. The highest BCUT2D eigenvalue weighted by Gasteiger charge is 2.10. The summed E-state index contributed by atoms with van der Waals surface area (Å²) in [6.07, 6.45) is 1.99. The van der Waals surface area contributed by atoms with Gasteiger partial charge < -0.3 is 10.1 Å². The standard InChI is InChI=1S/C18H23NO/c1-13(2)10-16(19-3)11-15-7-5-6-14-8-9-17(20-4)12-18(14)15/h5-9,12,16,19H,1,10-11H2,2-4H3. The zero-order chi connectivity index (χ0) is 14.5. The van der Waals surface area contributed by atoms with Crippen molar-refractivity contribution in [2.45, 2.75) is 25.8 Å². The quantitative estimate of drug-likeness (QED) is 0.802. The van der Waals surface area contributed by atoms with Gasteiger partial charge in [-0.3, -0.25) is 0 Å². The van der Waals surface area contributed by atoms with Gasteiger partial charge in [-0.1, -0.05) is 29.8 Å². The van der Waals surface area contributed by atoms with Gasteiger partial charge in [0.05, 0.1) is 7.11 Å². The van der Waals surface area contributed by atoms with Gasteiger partial charge in [0, 0.05) is 6.04 Å². The van der Waals surface area contributed by atoms with Gasteiger partial charge in [0.25, 0.3) is 0 Å². The molecule has 0 saturated carbocycles. The van der Waals surface area contributed by atoms with Crippen molar-refractivity contribution >= 4 is 10.8 Å². The highest BCUT2D eigenvalue weighted by Crippen LogP contribution is 2.25. The van der Waals surface area contributed by atoms with Crippen LogP contribution >= 0.6 is 0 Å². The molecule has 0 bridgehead atoms. The highest BCUT2D eigenvalue weighted by molar-refractivity contribution is 5.87. The third-order valence-electron chi connectivity index (χ3n) is 3.65. The molecular formula is C18H23NO. The van der Waals surface area contributed by atoms with Gasteiger partial charge in [0.2, 0.25) is 0 Å². The van der Waals surface area contributed by atoms with E-state index in [1.165, 1.54) is 21.9 Å². The maximum atomic E-state index is 5.34. The van der Waals surface area contributed by atoms with Crippen molar-refractivity contribution in [3.8, 4) is 5.75 Å². The molecule has 2 rings (SSSR count). The van der Waals surface area contributed by atoms with Crippen molar-refractivity contribution in [2.75, 3.05) is 14.2 Å². The first-order valence-corrected chi connectivity index (χ1v) is 7.01. The summed E-state index contributed by atoms with van der Waals surface area (Å²) in [7, 11) is 3.72. The van der Waals surface area contributed by atoms with E-state index in [1.54, 1.807) is 7.11 Å². The van der Waals surface area contributed by atoms with Crippen molar-refractivity contribution in [1.29, 1.82) is 0 Å². The molecule has 0 aliphatic carbocycles. The van der Waals surface area contributed by atoms with E-state index in [1.807, 2.05) is 13.1 Å². The summed E-state index contributed by atoms with van der Waals surface area (Å²) in [5.74, 6) is 0.908. The molecular weight excluding hydrogens is 246 g/mol. The first kappa shape index (κ1) is 14.6. The monoisotopic (exact) mass is 269 g/mol. The van der Waals surface area contributed by atoms with Crippen LogP contribution in [0.2, 0.25) is 0 Å². The fraction of sp³-hybridized carbons (Fsp3) is 0.333. The summed E-state index contributed by atoms with van der Waals surface area (Å²) in [5.41, 5.74) is 2.56. The van der Waals surface area contributed by atoms with E-state index in [4.69, 9.17) is 4.74 Å². The van der Waals surface area contributed by atoms with E-state index in [0.29, 0.717) is 6.04 Å². The number of likely N-dealkylation sites (N-methyl/N-ethyl adjacent to an activating group) is 1. The van der Waals surface area contributed by atoms with Crippen molar-refractivity contribution in [2.24, 2.45) is 0 Å². The molecule has 1 atom stereocenters. The minimum absolute atomic E-state index is 0.421. The Morgan fingerprint density at radius 2 is 2.10 bits per heavy atom. The van der Waals surface area contributed by atoms with Crippen LogP contribution in [0.25, 0.3) is 10.8 Å². The Morgan fingerprint density at radius 1 is 1.30 bits per heavy atom. The van der Waals surface area contributed by atoms with Crippen molar-refractivity contribution < 1.29 is 4.74 Å². The predicted molar refractivity (Wildman–Crippen MR) is 86.5 cm³/mol. The van der Waals surface area contributed by atoms with Crippen LogP contribution in [-0.2, 0) is 6.42 Å². The normalized spacial score (nSPS) is 12.3. The molecule has 0 amide bonds. The smallest absolute Gasteiger partial charge is 0.119 e. The number of hydrogen-bond donors (Lipinski definition) is 1. The largest absolute Gasteiger partial charge is 0.497 e. The summed E-state index contributed by atoms with van der Waals surface area (Å²) in [5, 5.41) is 5.91. The van der Waals surface area contributed by atoms with Gasteiger partial charge >= 0.3 is 0 Å². The summed E-state index contributed by atoms with van der Waals surface area (Å²) in [4.78, 5) is 0. The molecule has 20 heavy (non-hydrogen) atoms. The number of fused-ring (bicyclic) bond motifs is 1. The molecule has 0 aromatic heterocycles. The maximum Gasteiger partial charge on any atom is 0.119 e. The van der Waals surface area contributed by atoms with Gasteiger partial charge in [0.15, 0.2) is 0 Å². The van der Waals surface area contributed by atoms with E-state index in [9.17, 15) is 0 Å². The van der Waals surface area contributed by atoms with Crippen LogP contribution in [0.3, 0.4) is 0 Å². The van der Waals surface area contributed by atoms with Crippen LogP contribution in [0.5, 0.6) is 5.75 Å². The molecule has 106 valence electrons. The summed E-state index contributed by atoms with van der Waals surface area (Å²) in [6, 6.07) is 13.1. The van der Waals surface area contributed by atoms with Crippen LogP contribution in [0, 0.1) is 0 Å². The Balaban J connectivity index is 2.35. The molecule has 2 nitrogen and oxygen atoms in total. The van der Waals surface area contributed by atoms with Crippen molar-refractivity contribution in [1.82, 2.24) is 5.32 Å². The van der Waals surface area contributed by atoms with Gasteiger partial charge in [-0.25, -0.2) is 0 Å². The highest BCUT2D eigenvalue weighted by atomic mass is 16.5. The lowest BCUT2D eigenvalue weighted by Crippen LogP contribution is -2.27. The zero-order valence-electron chi connectivity index (χ0n) is 12.6. The minimum atomic E-state index is 0.421. The lowest BCUT2D eigenvalue weighted by molar-refractivity contribution is 0.415. The molecule has 2 aromatic rings. The molecule has 0 radical (unpaired) electrons. The Kier molecular flexibility index (Phi) is 4.80. The van der Waals surface area contributed by atoms with Crippen molar-refractivity contribution in [3.63, 3.8) is 0 Å². The lowest BCUT2D eigenvalue weighted by Gasteiger charge is -2.17. The first-order valence-electron chi connectivity index (χ1n) is 7.01. The maximum absolute atomic E-state index is 5.34. The molecule has 0 spiro atoms. The van der Waals surface area contributed by atoms with E-state index < -0.39 is 0 Å². The van der Waals surface area contributed by atoms with Crippen LogP contribution < -0.4 is 10.1 Å². The zero-order valence-corrected chi connectivity index (χ0v) is 12.6. The summed E-state index contributed by atoms with van der Waals surface area (Å²) >= 11 is 0. The number of benzene rings is 2. The van der Waals surface area contributed by atoms with E-state index in [0.717, 1.165) is 18.6 Å². The van der Waals surface area contributed by atoms with Crippen LogP contribution in [0.1, 0.15) is 18.9 Å². The SMILES string of the molecule is C=C(C)CC(Cc1cccc2ccc(OC)cc12)NC. The molecule has 0 heterocycles. The fourth-order valence-corrected chi connectivity index (χ4v) is 2.58. The summed E-state index contributed by atoms with van der Waals surface area (Å²) in [6.45, 7) is 6.09. The molecule has 0 saturated heterocycles. The predicted octanol–water partition coefficient (Wildman–Crippen LogP) is 3.95. The average molecular weight is 269 g/mol. The van der Waals surface area contributed by atoms with E-state index in [-0.39, 0.29) is 0 Å². The molecule has 0 aliphatic rings. The number of methoxy groups -OCH3 is 1. The number of nitrogens with one attached hydrogen (secondary N) is 1. The Hall–Kier alpha value is -1.80. The van der Waals surface area contributed by atoms with Crippen LogP contribution in [0.4, 0.5) is 0 Å². The number of hydrogen-bond acceptors (Lipinski definition) is 2. The molecule has 1 N–H and O–H groups in total. The van der Waals surface area contributed by atoms with Gasteiger partial charge in [-0.2, -0.15) is 0 Å². The first-order chi connectivity index (χ1) is 9.63. The molecule has 0 aliphatic heterocycles. The molecule has 2 aromatic carbocycles. The number of rotatable bonds is 6. The van der Waals surface area contributed by atoms with Crippen molar-refractivity contribution in [3.05, 3.63) is 54.1 Å². The second-order valence-electron chi connectivity index (χ2n) is 5.36. The second-order valence-corrected chi connectivity index (χ2v) is 5.36. The minimum Gasteiger partial charge on any atom is -0.497 e. The van der Waals surface area contributed by atoms with Crippen LogP contribution in [-0.4, -0.2) is 20.2 Å². The summed E-state index contributed by atoms with van der Waals surface area (Å²) < 4.78 is 5.34. The molecule has 1 unspecified atom stereocenters. The Bertz CT molecular complexity index is 603. The average Bonchev–Trinajstić information content (AvgIpc) is 2.45.